The molecule has 1 amide bonds. The third-order valence-corrected chi connectivity index (χ3v) is 4.19. The Hall–Kier alpha value is -1.24. The summed E-state index contributed by atoms with van der Waals surface area (Å²) in [7, 11) is 0. The summed E-state index contributed by atoms with van der Waals surface area (Å²) in [6.07, 6.45) is 1.52. The fraction of sp³-hybridized carbons (Fsp3) is 0.286. The fourth-order valence-electron chi connectivity index (χ4n) is 1.72. The van der Waals surface area contributed by atoms with Crippen LogP contribution in [0.2, 0.25) is 0 Å². The molecule has 1 aromatic heterocycles. The minimum atomic E-state index is -0.123. The van der Waals surface area contributed by atoms with E-state index in [1.54, 1.807) is 5.38 Å². The summed E-state index contributed by atoms with van der Waals surface area (Å²) in [5.74, 6) is -0.123. The van der Waals surface area contributed by atoms with Crippen LogP contribution < -0.4 is 11.1 Å². The minimum absolute atomic E-state index is 0.123. The number of rotatable bonds is 6. The van der Waals surface area contributed by atoms with Gasteiger partial charge in [-0.15, -0.1) is 11.3 Å². The molecule has 0 saturated heterocycles. The predicted octanol–water partition coefficient (Wildman–Crippen LogP) is 2.38. The molecule has 0 aliphatic rings. The smallest absolute Gasteiger partial charge is 0.270 e. The SMILES string of the molecule is NCCc1nc(C(=O)NCCc2ccc(Br)cc2)cs1. The highest BCUT2D eigenvalue weighted by Gasteiger charge is 2.09. The predicted molar refractivity (Wildman–Crippen MR) is 85.1 cm³/mol. The van der Waals surface area contributed by atoms with Crippen LogP contribution in [-0.4, -0.2) is 24.0 Å². The molecule has 0 atom stereocenters. The average Bonchev–Trinajstić information content (AvgIpc) is 2.90. The van der Waals surface area contributed by atoms with Gasteiger partial charge in [0.15, 0.2) is 0 Å². The van der Waals surface area contributed by atoms with Gasteiger partial charge in [-0.3, -0.25) is 4.79 Å². The van der Waals surface area contributed by atoms with Crippen molar-refractivity contribution in [1.29, 1.82) is 0 Å². The van der Waals surface area contributed by atoms with Crippen LogP contribution in [0.15, 0.2) is 34.1 Å². The highest BCUT2D eigenvalue weighted by Crippen LogP contribution is 2.11. The molecular weight excluding hydrogens is 338 g/mol. The monoisotopic (exact) mass is 353 g/mol. The van der Waals surface area contributed by atoms with Gasteiger partial charge < -0.3 is 11.1 Å². The Labute approximate surface area is 130 Å². The third-order valence-electron chi connectivity index (χ3n) is 2.76. The molecule has 20 heavy (non-hydrogen) atoms. The third kappa shape index (κ3) is 4.40. The van der Waals surface area contributed by atoms with Gasteiger partial charge in [0.1, 0.15) is 5.69 Å². The van der Waals surface area contributed by atoms with Crippen molar-refractivity contribution in [2.24, 2.45) is 5.73 Å². The molecule has 2 rings (SSSR count). The fourth-order valence-corrected chi connectivity index (χ4v) is 2.77. The van der Waals surface area contributed by atoms with Crippen LogP contribution in [0.4, 0.5) is 0 Å². The lowest BCUT2D eigenvalue weighted by molar-refractivity contribution is 0.0949. The molecule has 0 saturated carbocycles. The molecule has 106 valence electrons. The van der Waals surface area contributed by atoms with Crippen LogP contribution in [0.1, 0.15) is 21.1 Å². The molecule has 6 heteroatoms. The van der Waals surface area contributed by atoms with E-state index in [0.717, 1.165) is 22.3 Å². The van der Waals surface area contributed by atoms with E-state index < -0.39 is 0 Å². The summed E-state index contributed by atoms with van der Waals surface area (Å²) in [6, 6.07) is 8.07. The maximum atomic E-state index is 11.9. The van der Waals surface area contributed by atoms with Crippen LogP contribution in [0.3, 0.4) is 0 Å². The van der Waals surface area contributed by atoms with Crippen molar-refractivity contribution in [1.82, 2.24) is 10.3 Å². The van der Waals surface area contributed by atoms with Gasteiger partial charge in [-0.25, -0.2) is 4.98 Å². The van der Waals surface area contributed by atoms with Crippen LogP contribution in [-0.2, 0) is 12.8 Å². The number of aromatic nitrogens is 1. The van der Waals surface area contributed by atoms with Gasteiger partial charge in [-0.2, -0.15) is 0 Å². The van der Waals surface area contributed by atoms with E-state index in [0.29, 0.717) is 18.8 Å². The normalized spacial score (nSPS) is 10.5. The van der Waals surface area contributed by atoms with Crippen LogP contribution in [0.25, 0.3) is 0 Å². The molecular formula is C14H16BrN3OS. The number of nitrogens with two attached hydrogens (primary N) is 1. The van der Waals surface area contributed by atoms with Gasteiger partial charge in [-0.1, -0.05) is 28.1 Å². The molecule has 2 aromatic rings. The van der Waals surface area contributed by atoms with Crippen molar-refractivity contribution in [3.63, 3.8) is 0 Å². The van der Waals surface area contributed by atoms with Crippen molar-refractivity contribution >= 4 is 33.2 Å². The largest absolute Gasteiger partial charge is 0.350 e. The molecule has 3 N–H and O–H groups in total. The van der Waals surface area contributed by atoms with E-state index in [2.05, 4.69) is 26.2 Å². The first-order valence-corrected chi connectivity index (χ1v) is 8.03. The summed E-state index contributed by atoms with van der Waals surface area (Å²) in [5.41, 5.74) is 7.14. The zero-order chi connectivity index (χ0) is 14.4. The number of nitrogens with one attached hydrogen (secondary N) is 1. The number of nitrogens with zero attached hydrogens (tertiary/aromatic N) is 1. The maximum Gasteiger partial charge on any atom is 0.270 e. The van der Waals surface area contributed by atoms with E-state index in [-0.39, 0.29) is 5.91 Å². The standard InChI is InChI=1S/C14H16BrN3OS/c15-11-3-1-10(2-4-11)6-8-17-14(19)12-9-20-13(18-12)5-7-16/h1-4,9H,5-8,16H2,(H,17,19). The zero-order valence-corrected chi connectivity index (χ0v) is 13.3. The van der Waals surface area contributed by atoms with Crippen LogP contribution >= 0.6 is 27.3 Å². The maximum absolute atomic E-state index is 11.9. The van der Waals surface area contributed by atoms with Crippen molar-refractivity contribution < 1.29 is 4.79 Å². The van der Waals surface area contributed by atoms with Gasteiger partial charge in [0, 0.05) is 22.8 Å². The summed E-state index contributed by atoms with van der Waals surface area (Å²) in [6.45, 7) is 1.16. The number of thiazole rings is 1. The summed E-state index contributed by atoms with van der Waals surface area (Å²) in [5, 5.41) is 5.57. The van der Waals surface area contributed by atoms with E-state index >= 15 is 0 Å². The lowest BCUT2D eigenvalue weighted by Crippen LogP contribution is -2.26. The summed E-state index contributed by atoms with van der Waals surface area (Å²) >= 11 is 4.87. The first kappa shape index (κ1) is 15.2. The molecule has 0 fully saturated rings. The highest BCUT2D eigenvalue weighted by atomic mass is 79.9. The Morgan fingerprint density at radius 2 is 2.05 bits per heavy atom. The van der Waals surface area contributed by atoms with Crippen LogP contribution in [0, 0.1) is 0 Å². The van der Waals surface area contributed by atoms with Gasteiger partial charge >= 0.3 is 0 Å². The Bertz CT molecular complexity index is 568. The van der Waals surface area contributed by atoms with Crippen molar-refractivity contribution in [3.05, 3.63) is 50.4 Å². The molecule has 0 unspecified atom stereocenters. The molecule has 4 nitrogen and oxygen atoms in total. The summed E-state index contributed by atoms with van der Waals surface area (Å²) in [4.78, 5) is 16.2. The second-order valence-corrected chi connectivity index (χ2v) is 6.16. The Kier molecular flexibility index (Phi) is 5.70. The van der Waals surface area contributed by atoms with E-state index in [1.807, 2.05) is 24.3 Å². The number of benzene rings is 1. The molecule has 0 spiro atoms. The number of halogens is 1. The van der Waals surface area contributed by atoms with E-state index in [4.69, 9.17) is 5.73 Å². The number of carbonyl (C=O) groups is 1. The number of carbonyl (C=O) groups excluding carboxylic acids is 1. The van der Waals surface area contributed by atoms with Gasteiger partial charge in [0.05, 0.1) is 5.01 Å². The topological polar surface area (TPSA) is 68.0 Å². The van der Waals surface area contributed by atoms with Crippen molar-refractivity contribution in [3.8, 4) is 0 Å². The second kappa shape index (κ2) is 7.52. The van der Waals surface area contributed by atoms with Crippen molar-refractivity contribution in [2.75, 3.05) is 13.1 Å². The lowest BCUT2D eigenvalue weighted by atomic mass is 10.1. The molecule has 0 aliphatic carbocycles. The average molecular weight is 354 g/mol. The first-order valence-electron chi connectivity index (χ1n) is 6.36. The highest BCUT2D eigenvalue weighted by molar-refractivity contribution is 9.10. The second-order valence-electron chi connectivity index (χ2n) is 4.30. The number of amides is 1. The van der Waals surface area contributed by atoms with Gasteiger partial charge in [0.2, 0.25) is 0 Å². The molecule has 1 aromatic carbocycles. The first-order chi connectivity index (χ1) is 9.69. The molecule has 0 bridgehead atoms. The summed E-state index contributed by atoms with van der Waals surface area (Å²) < 4.78 is 1.06. The molecule has 0 aliphatic heterocycles. The quantitative estimate of drug-likeness (QED) is 0.837. The Balaban J connectivity index is 1.81. The number of hydrogen-bond donors (Lipinski definition) is 2. The van der Waals surface area contributed by atoms with Gasteiger partial charge in [0.25, 0.3) is 5.91 Å². The molecule has 1 heterocycles. The van der Waals surface area contributed by atoms with Crippen molar-refractivity contribution in [2.45, 2.75) is 12.8 Å². The number of hydrogen-bond acceptors (Lipinski definition) is 4. The molecule has 0 radical (unpaired) electrons. The van der Waals surface area contributed by atoms with E-state index in [9.17, 15) is 4.79 Å². The Morgan fingerprint density at radius 3 is 2.75 bits per heavy atom. The Morgan fingerprint density at radius 1 is 1.30 bits per heavy atom. The van der Waals surface area contributed by atoms with E-state index in [1.165, 1.54) is 16.9 Å². The zero-order valence-electron chi connectivity index (χ0n) is 10.9. The van der Waals surface area contributed by atoms with Crippen LogP contribution in [0.5, 0.6) is 0 Å². The van der Waals surface area contributed by atoms with Gasteiger partial charge in [-0.05, 0) is 30.7 Å². The minimum Gasteiger partial charge on any atom is -0.350 e. The lowest BCUT2D eigenvalue weighted by Gasteiger charge is -2.03.